The molecule has 0 fully saturated rings. The van der Waals surface area contributed by atoms with E-state index in [1.54, 1.807) is 55.5 Å². The lowest BCUT2D eigenvalue weighted by Gasteiger charge is -2.19. The monoisotopic (exact) mass is 374 g/mol. The van der Waals surface area contributed by atoms with Crippen LogP contribution < -0.4 is 14.4 Å². The van der Waals surface area contributed by atoms with Gasteiger partial charge >= 0.3 is 0 Å². The molecule has 1 amide bonds. The van der Waals surface area contributed by atoms with Gasteiger partial charge in [0.05, 0.1) is 11.9 Å². The summed E-state index contributed by atoms with van der Waals surface area (Å²) in [5.74, 6) is 0.410. The fourth-order valence-corrected chi connectivity index (χ4v) is 2.88. The number of nitrogens with one attached hydrogen (secondary N) is 1. The zero-order valence-corrected chi connectivity index (χ0v) is 15.8. The number of aryl methyl sites for hydroxylation is 1. The highest BCUT2D eigenvalue weighted by Gasteiger charge is 2.16. The Labute approximate surface area is 154 Å². The van der Waals surface area contributed by atoms with Crippen molar-refractivity contribution in [3.8, 4) is 5.75 Å². The molecule has 0 atom stereocenters. The first-order chi connectivity index (χ1) is 12.2. The molecule has 0 heterocycles. The van der Waals surface area contributed by atoms with E-state index in [2.05, 4.69) is 11.9 Å². The minimum atomic E-state index is -3.36. The van der Waals surface area contributed by atoms with Gasteiger partial charge in [0, 0.05) is 18.3 Å². The van der Waals surface area contributed by atoms with Gasteiger partial charge in [-0.15, -0.1) is 0 Å². The summed E-state index contributed by atoms with van der Waals surface area (Å²) >= 11 is 0. The molecule has 0 aliphatic carbocycles. The Balaban J connectivity index is 2.12. The molecule has 0 bridgehead atoms. The lowest BCUT2D eigenvalue weighted by Crippen LogP contribution is -2.25. The molecule has 138 valence electrons. The maximum Gasteiger partial charge on any atom is 0.255 e. The van der Waals surface area contributed by atoms with Gasteiger partial charge in [-0.2, -0.15) is 0 Å². The number of rotatable bonds is 7. The number of hydrogen-bond acceptors (Lipinski definition) is 4. The summed E-state index contributed by atoms with van der Waals surface area (Å²) in [7, 11) is -1.88. The number of hydrogen-bond donors (Lipinski definition) is 1. The third-order valence-corrected chi connectivity index (χ3v) is 4.97. The molecule has 2 rings (SSSR count). The van der Waals surface area contributed by atoms with E-state index >= 15 is 0 Å². The van der Waals surface area contributed by atoms with Crippen LogP contribution in [0.4, 0.5) is 11.4 Å². The molecule has 2 aromatic rings. The van der Waals surface area contributed by atoms with Crippen LogP contribution in [-0.2, 0) is 10.0 Å². The molecule has 0 radical (unpaired) electrons. The van der Waals surface area contributed by atoms with Gasteiger partial charge in [-0.25, -0.2) is 8.42 Å². The standard InChI is InChI=1S/C19H22N2O4S/c1-5-12-25-17-9-7-16(8-10-17)20-19(22)15-6-11-18(14(2)13-15)21(3)26(4,23)24/h5-11,13H,1,12H2,2-4H3,(H,20,22). The van der Waals surface area contributed by atoms with Crippen molar-refractivity contribution in [3.63, 3.8) is 0 Å². The van der Waals surface area contributed by atoms with E-state index in [9.17, 15) is 13.2 Å². The summed E-state index contributed by atoms with van der Waals surface area (Å²) < 4.78 is 29.9. The summed E-state index contributed by atoms with van der Waals surface area (Å²) in [5, 5.41) is 2.80. The van der Waals surface area contributed by atoms with Gasteiger partial charge in [-0.1, -0.05) is 12.7 Å². The Morgan fingerprint density at radius 2 is 1.88 bits per heavy atom. The molecule has 0 spiro atoms. The maximum absolute atomic E-state index is 12.4. The van der Waals surface area contributed by atoms with E-state index in [4.69, 9.17) is 4.74 Å². The maximum atomic E-state index is 12.4. The van der Waals surface area contributed by atoms with E-state index in [-0.39, 0.29) is 5.91 Å². The van der Waals surface area contributed by atoms with E-state index in [1.165, 1.54) is 11.4 Å². The Morgan fingerprint density at radius 1 is 1.23 bits per heavy atom. The SMILES string of the molecule is C=CCOc1ccc(NC(=O)c2ccc(N(C)S(C)(=O)=O)c(C)c2)cc1. The predicted molar refractivity (Wildman–Crippen MR) is 105 cm³/mol. The van der Waals surface area contributed by atoms with Gasteiger partial charge in [0.15, 0.2) is 0 Å². The Morgan fingerprint density at radius 3 is 2.42 bits per heavy atom. The molecule has 6 nitrogen and oxygen atoms in total. The van der Waals surface area contributed by atoms with E-state index in [1.807, 2.05) is 0 Å². The lowest BCUT2D eigenvalue weighted by atomic mass is 10.1. The molecule has 0 saturated heterocycles. The third-order valence-electron chi connectivity index (χ3n) is 3.78. The first-order valence-electron chi connectivity index (χ1n) is 7.92. The van der Waals surface area contributed by atoms with Crippen LogP contribution in [0.2, 0.25) is 0 Å². The number of nitrogens with zero attached hydrogens (tertiary/aromatic N) is 1. The third kappa shape index (κ3) is 4.86. The van der Waals surface area contributed by atoms with Crippen molar-refractivity contribution < 1.29 is 17.9 Å². The quantitative estimate of drug-likeness (QED) is 0.755. The second-order valence-corrected chi connectivity index (χ2v) is 7.82. The molecule has 0 aliphatic rings. The van der Waals surface area contributed by atoms with Crippen molar-refractivity contribution in [2.24, 2.45) is 0 Å². The zero-order valence-electron chi connectivity index (χ0n) is 15.0. The minimum absolute atomic E-state index is 0.276. The van der Waals surface area contributed by atoms with Crippen LogP contribution in [0.3, 0.4) is 0 Å². The summed E-state index contributed by atoms with van der Waals surface area (Å²) in [5.41, 5.74) is 2.31. The number of anilines is 2. The van der Waals surface area contributed by atoms with Crippen molar-refractivity contribution in [2.45, 2.75) is 6.92 Å². The smallest absolute Gasteiger partial charge is 0.255 e. The van der Waals surface area contributed by atoms with Crippen LogP contribution in [-0.4, -0.2) is 34.2 Å². The molecule has 0 aromatic heterocycles. The van der Waals surface area contributed by atoms with Crippen LogP contribution in [0.25, 0.3) is 0 Å². The van der Waals surface area contributed by atoms with E-state index < -0.39 is 10.0 Å². The second kappa shape index (κ2) is 8.05. The lowest BCUT2D eigenvalue weighted by molar-refractivity contribution is 0.102. The first-order valence-corrected chi connectivity index (χ1v) is 9.77. The number of amides is 1. The van der Waals surface area contributed by atoms with Gasteiger partial charge < -0.3 is 10.1 Å². The summed E-state index contributed by atoms with van der Waals surface area (Å²) in [6, 6.07) is 11.9. The zero-order chi connectivity index (χ0) is 19.3. The summed E-state index contributed by atoms with van der Waals surface area (Å²) in [6.45, 7) is 5.76. The number of carbonyl (C=O) groups excluding carboxylic acids is 1. The highest BCUT2D eigenvalue weighted by Crippen LogP contribution is 2.23. The number of benzene rings is 2. The largest absolute Gasteiger partial charge is 0.490 e. The normalized spacial score (nSPS) is 10.9. The Kier molecular flexibility index (Phi) is 6.05. The Bertz CT molecular complexity index is 906. The van der Waals surface area contributed by atoms with Crippen molar-refractivity contribution in [2.75, 3.05) is 29.5 Å². The van der Waals surface area contributed by atoms with Gasteiger partial charge in [0.25, 0.3) is 5.91 Å². The molecule has 26 heavy (non-hydrogen) atoms. The first kappa shape index (κ1) is 19.5. The van der Waals surface area contributed by atoms with Crippen molar-refractivity contribution in [1.29, 1.82) is 0 Å². The van der Waals surface area contributed by atoms with Gasteiger partial charge in [-0.3, -0.25) is 9.10 Å². The van der Waals surface area contributed by atoms with Crippen molar-refractivity contribution >= 4 is 27.3 Å². The van der Waals surface area contributed by atoms with Gasteiger partial charge in [-0.05, 0) is 55.0 Å². The van der Waals surface area contributed by atoms with Gasteiger partial charge in [0.1, 0.15) is 12.4 Å². The molecular weight excluding hydrogens is 352 g/mol. The van der Waals surface area contributed by atoms with Crippen molar-refractivity contribution in [3.05, 3.63) is 66.2 Å². The number of carbonyl (C=O) groups is 1. The van der Waals surface area contributed by atoms with Crippen LogP contribution >= 0.6 is 0 Å². The molecule has 7 heteroatoms. The average molecular weight is 374 g/mol. The molecular formula is C19H22N2O4S. The molecule has 0 unspecified atom stereocenters. The topological polar surface area (TPSA) is 75.7 Å². The average Bonchev–Trinajstić information content (AvgIpc) is 2.59. The molecule has 0 aliphatic heterocycles. The van der Waals surface area contributed by atoms with Gasteiger partial charge in [0.2, 0.25) is 10.0 Å². The van der Waals surface area contributed by atoms with Crippen LogP contribution in [0, 0.1) is 6.92 Å². The Hall–Kier alpha value is -2.80. The van der Waals surface area contributed by atoms with Crippen LogP contribution in [0.15, 0.2) is 55.1 Å². The number of ether oxygens (including phenoxy) is 1. The predicted octanol–water partition coefficient (Wildman–Crippen LogP) is 3.21. The minimum Gasteiger partial charge on any atom is -0.490 e. The second-order valence-electron chi connectivity index (χ2n) is 5.81. The van der Waals surface area contributed by atoms with E-state index in [0.717, 1.165) is 6.26 Å². The molecule has 0 saturated carbocycles. The van der Waals surface area contributed by atoms with E-state index in [0.29, 0.717) is 34.9 Å². The summed E-state index contributed by atoms with van der Waals surface area (Å²) in [6.07, 6.45) is 2.79. The fourth-order valence-electron chi connectivity index (χ4n) is 2.32. The molecule has 2 aromatic carbocycles. The highest BCUT2D eigenvalue weighted by molar-refractivity contribution is 7.92. The molecule has 1 N–H and O–H groups in total. The van der Waals surface area contributed by atoms with Crippen LogP contribution in [0.1, 0.15) is 15.9 Å². The highest BCUT2D eigenvalue weighted by atomic mass is 32.2. The van der Waals surface area contributed by atoms with Crippen LogP contribution in [0.5, 0.6) is 5.75 Å². The summed E-state index contributed by atoms with van der Waals surface area (Å²) in [4.78, 5) is 12.4. The number of sulfonamides is 1. The fraction of sp³-hybridized carbons (Fsp3) is 0.211. The van der Waals surface area contributed by atoms with Crippen molar-refractivity contribution in [1.82, 2.24) is 0 Å².